The van der Waals surface area contributed by atoms with Crippen LogP contribution in [0.3, 0.4) is 0 Å². The fourth-order valence-corrected chi connectivity index (χ4v) is 2.86. The molecule has 0 spiro atoms. The number of aliphatic hydroxyl groups is 1. The van der Waals surface area contributed by atoms with Crippen LogP contribution < -0.4 is 0 Å². The molecule has 0 amide bonds. The molecular weight excluding hydrogens is 250 g/mol. The van der Waals surface area contributed by atoms with Gasteiger partial charge in [0.05, 0.1) is 19.3 Å². The molecule has 1 aliphatic rings. The van der Waals surface area contributed by atoms with Crippen LogP contribution in [0.4, 0.5) is 0 Å². The first-order valence-electron chi connectivity index (χ1n) is 8.81. The second kappa shape index (κ2) is 12.6. The Morgan fingerprint density at radius 2 is 1.45 bits per heavy atom. The second-order valence-electron chi connectivity index (χ2n) is 6.18. The largest absolute Gasteiger partial charge is 0.392 e. The maximum atomic E-state index is 10.0. The zero-order valence-corrected chi connectivity index (χ0v) is 13.5. The van der Waals surface area contributed by atoms with Crippen LogP contribution in [0.5, 0.6) is 0 Å². The van der Waals surface area contributed by atoms with Gasteiger partial charge in [-0.05, 0) is 6.42 Å². The smallest absolute Gasteiger partial charge is 0.0667 e. The van der Waals surface area contributed by atoms with Crippen molar-refractivity contribution in [2.75, 3.05) is 32.8 Å². The first-order valence-corrected chi connectivity index (χ1v) is 8.81. The number of morpholine rings is 1. The molecule has 0 aromatic heterocycles. The molecule has 0 bridgehead atoms. The molecule has 1 atom stereocenters. The Bertz CT molecular complexity index is 205. The predicted octanol–water partition coefficient (Wildman–Crippen LogP) is 3.60. The molecule has 1 heterocycles. The third-order valence-corrected chi connectivity index (χ3v) is 4.21. The molecule has 20 heavy (non-hydrogen) atoms. The van der Waals surface area contributed by atoms with Gasteiger partial charge < -0.3 is 9.84 Å². The van der Waals surface area contributed by atoms with Crippen molar-refractivity contribution in [2.45, 2.75) is 77.2 Å². The summed E-state index contributed by atoms with van der Waals surface area (Å²) in [5, 5.41) is 10.0. The average Bonchev–Trinajstić information content (AvgIpc) is 2.46. The maximum Gasteiger partial charge on any atom is 0.0667 e. The van der Waals surface area contributed by atoms with Crippen LogP contribution >= 0.6 is 0 Å². The predicted molar refractivity (Wildman–Crippen MR) is 85.1 cm³/mol. The van der Waals surface area contributed by atoms with Crippen molar-refractivity contribution in [1.29, 1.82) is 0 Å². The van der Waals surface area contributed by atoms with E-state index < -0.39 is 0 Å². The molecule has 1 aliphatic heterocycles. The number of hydrogen-bond acceptors (Lipinski definition) is 3. The average molecular weight is 285 g/mol. The van der Waals surface area contributed by atoms with Crippen molar-refractivity contribution in [3.63, 3.8) is 0 Å². The summed E-state index contributed by atoms with van der Waals surface area (Å²) in [6.45, 7) is 6.71. The quantitative estimate of drug-likeness (QED) is 0.556. The fraction of sp³-hybridized carbons (Fsp3) is 1.00. The van der Waals surface area contributed by atoms with Crippen molar-refractivity contribution in [2.24, 2.45) is 0 Å². The van der Waals surface area contributed by atoms with E-state index in [0.717, 1.165) is 39.3 Å². The monoisotopic (exact) mass is 285 g/mol. The summed E-state index contributed by atoms with van der Waals surface area (Å²) in [4.78, 5) is 2.32. The minimum Gasteiger partial charge on any atom is -0.392 e. The standard InChI is InChI=1S/C17H35NO2/c1-2-3-4-5-6-7-8-9-10-11-17(19)16-18-12-14-20-15-13-18/h17,19H,2-16H2,1H3. The van der Waals surface area contributed by atoms with Crippen molar-refractivity contribution >= 4 is 0 Å². The van der Waals surface area contributed by atoms with Crippen LogP contribution in [0.1, 0.15) is 71.1 Å². The van der Waals surface area contributed by atoms with Gasteiger partial charge in [-0.25, -0.2) is 0 Å². The Labute approximate surface area is 125 Å². The Kier molecular flexibility index (Phi) is 11.3. The number of nitrogens with zero attached hydrogens (tertiary/aromatic N) is 1. The summed E-state index contributed by atoms with van der Waals surface area (Å²) in [7, 11) is 0. The highest BCUT2D eigenvalue weighted by Crippen LogP contribution is 2.12. The van der Waals surface area contributed by atoms with Gasteiger partial charge in [-0.15, -0.1) is 0 Å². The Balaban J connectivity index is 1.83. The fourth-order valence-electron chi connectivity index (χ4n) is 2.86. The lowest BCUT2D eigenvalue weighted by Gasteiger charge is -2.28. The maximum absolute atomic E-state index is 10.0. The van der Waals surface area contributed by atoms with Crippen LogP contribution in [-0.2, 0) is 4.74 Å². The van der Waals surface area contributed by atoms with Crippen LogP contribution in [-0.4, -0.2) is 49.0 Å². The molecule has 1 rings (SSSR count). The van der Waals surface area contributed by atoms with Gasteiger partial charge in [-0.2, -0.15) is 0 Å². The molecule has 0 radical (unpaired) electrons. The number of hydrogen-bond donors (Lipinski definition) is 1. The van der Waals surface area contributed by atoms with Gasteiger partial charge in [0.25, 0.3) is 0 Å². The first-order chi connectivity index (χ1) is 9.83. The molecule has 120 valence electrons. The van der Waals surface area contributed by atoms with E-state index in [2.05, 4.69) is 11.8 Å². The van der Waals surface area contributed by atoms with E-state index in [9.17, 15) is 5.11 Å². The van der Waals surface area contributed by atoms with E-state index in [1.165, 1.54) is 57.8 Å². The highest BCUT2D eigenvalue weighted by molar-refractivity contribution is 4.67. The summed E-state index contributed by atoms with van der Waals surface area (Å²) < 4.78 is 5.32. The number of rotatable bonds is 12. The zero-order chi connectivity index (χ0) is 14.5. The molecule has 1 N–H and O–H groups in total. The van der Waals surface area contributed by atoms with Gasteiger partial charge in [0.1, 0.15) is 0 Å². The lowest BCUT2D eigenvalue weighted by atomic mass is 10.0. The van der Waals surface area contributed by atoms with Crippen LogP contribution in [0.2, 0.25) is 0 Å². The molecule has 0 aromatic carbocycles. The Morgan fingerprint density at radius 1 is 0.900 bits per heavy atom. The summed E-state index contributed by atoms with van der Waals surface area (Å²) in [5.74, 6) is 0. The normalized spacial score (nSPS) is 18.3. The van der Waals surface area contributed by atoms with Crippen molar-refractivity contribution < 1.29 is 9.84 Å². The van der Waals surface area contributed by atoms with Crippen molar-refractivity contribution in [1.82, 2.24) is 4.90 Å². The lowest BCUT2D eigenvalue weighted by molar-refractivity contribution is 0.0127. The number of ether oxygens (including phenoxy) is 1. The topological polar surface area (TPSA) is 32.7 Å². The third kappa shape index (κ3) is 9.73. The summed E-state index contributed by atoms with van der Waals surface area (Å²) in [5.41, 5.74) is 0. The Morgan fingerprint density at radius 3 is 2.05 bits per heavy atom. The van der Waals surface area contributed by atoms with Crippen molar-refractivity contribution in [3.05, 3.63) is 0 Å². The minimum absolute atomic E-state index is 0.141. The van der Waals surface area contributed by atoms with Crippen LogP contribution in [0.15, 0.2) is 0 Å². The van der Waals surface area contributed by atoms with Gasteiger partial charge in [-0.1, -0.05) is 64.7 Å². The molecule has 3 heteroatoms. The van der Waals surface area contributed by atoms with Gasteiger partial charge in [-0.3, -0.25) is 4.90 Å². The van der Waals surface area contributed by atoms with Gasteiger partial charge in [0, 0.05) is 19.6 Å². The number of unbranched alkanes of at least 4 members (excludes halogenated alkanes) is 8. The van der Waals surface area contributed by atoms with Gasteiger partial charge in [0.15, 0.2) is 0 Å². The molecule has 1 unspecified atom stereocenters. The molecule has 3 nitrogen and oxygen atoms in total. The molecule has 0 saturated carbocycles. The summed E-state index contributed by atoms with van der Waals surface area (Å²) in [6, 6.07) is 0. The minimum atomic E-state index is -0.141. The highest BCUT2D eigenvalue weighted by Gasteiger charge is 2.14. The third-order valence-electron chi connectivity index (χ3n) is 4.21. The highest BCUT2D eigenvalue weighted by atomic mass is 16.5. The van der Waals surface area contributed by atoms with E-state index in [-0.39, 0.29) is 6.10 Å². The van der Waals surface area contributed by atoms with E-state index >= 15 is 0 Å². The van der Waals surface area contributed by atoms with Crippen LogP contribution in [0, 0.1) is 0 Å². The molecule has 1 fully saturated rings. The lowest BCUT2D eigenvalue weighted by Crippen LogP contribution is -2.40. The number of aliphatic hydroxyl groups excluding tert-OH is 1. The van der Waals surface area contributed by atoms with E-state index in [0.29, 0.717) is 0 Å². The Hall–Kier alpha value is -0.120. The van der Waals surface area contributed by atoms with Crippen molar-refractivity contribution in [3.8, 4) is 0 Å². The van der Waals surface area contributed by atoms with E-state index in [4.69, 9.17) is 4.74 Å². The van der Waals surface area contributed by atoms with Crippen LogP contribution in [0.25, 0.3) is 0 Å². The first kappa shape index (κ1) is 17.9. The van der Waals surface area contributed by atoms with E-state index in [1.807, 2.05) is 0 Å². The molecular formula is C17H35NO2. The molecule has 0 aromatic rings. The summed E-state index contributed by atoms with van der Waals surface area (Å²) >= 11 is 0. The summed E-state index contributed by atoms with van der Waals surface area (Å²) in [6.07, 6.45) is 13.0. The molecule has 1 saturated heterocycles. The van der Waals surface area contributed by atoms with Gasteiger partial charge >= 0.3 is 0 Å². The zero-order valence-electron chi connectivity index (χ0n) is 13.5. The van der Waals surface area contributed by atoms with E-state index in [1.54, 1.807) is 0 Å². The molecule has 0 aliphatic carbocycles. The van der Waals surface area contributed by atoms with Gasteiger partial charge in [0.2, 0.25) is 0 Å². The second-order valence-corrected chi connectivity index (χ2v) is 6.18. The number of β-amino-alcohol motifs (C(OH)–C–C–N with tert-alkyl or cyclic N) is 1. The SMILES string of the molecule is CCCCCCCCCCCC(O)CN1CCOCC1.